The molecule has 1 unspecified atom stereocenters. The molecule has 0 saturated heterocycles. The van der Waals surface area contributed by atoms with Gasteiger partial charge in [0, 0.05) is 17.9 Å². The topological polar surface area (TPSA) is 26.3 Å². The fraction of sp³-hybridized carbons (Fsp3) is 0.727. The Labute approximate surface area is 81.0 Å². The van der Waals surface area contributed by atoms with E-state index in [0.717, 1.165) is 24.2 Å². The maximum atomic E-state index is 11.7. The maximum Gasteiger partial charge on any atom is 0.164 e. The number of ketones is 1. The summed E-state index contributed by atoms with van der Waals surface area (Å²) >= 11 is 0. The van der Waals surface area contributed by atoms with Gasteiger partial charge in [0.2, 0.25) is 0 Å². The van der Waals surface area contributed by atoms with Crippen molar-refractivity contribution in [1.29, 1.82) is 0 Å². The summed E-state index contributed by atoms with van der Waals surface area (Å²) in [6.45, 7) is 7.81. The molecule has 13 heavy (non-hydrogen) atoms. The molecule has 0 aromatic heterocycles. The van der Waals surface area contributed by atoms with Gasteiger partial charge < -0.3 is 4.74 Å². The average molecular weight is 184 g/mol. The van der Waals surface area contributed by atoms with Crippen LogP contribution in [0.1, 0.15) is 40.5 Å². The Bertz CT molecular complexity index is 198. The lowest BCUT2D eigenvalue weighted by molar-refractivity contribution is -0.119. The summed E-state index contributed by atoms with van der Waals surface area (Å²) in [6.07, 6.45) is 1.67. The fourth-order valence-electron chi connectivity index (χ4n) is 1.26. The lowest BCUT2D eigenvalue weighted by Crippen LogP contribution is -2.13. The summed E-state index contributed by atoms with van der Waals surface area (Å²) in [5, 5.41) is 0. The molecule has 0 aliphatic heterocycles. The first kappa shape index (κ1) is 12.2. The third kappa shape index (κ3) is 3.21. The van der Waals surface area contributed by atoms with E-state index in [9.17, 15) is 4.79 Å². The van der Waals surface area contributed by atoms with Gasteiger partial charge in [-0.15, -0.1) is 0 Å². The Morgan fingerprint density at radius 2 is 1.92 bits per heavy atom. The summed E-state index contributed by atoms with van der Waals surface area (Å²) in [5.74, 6) is 1.13. The van der Waals surface area contributed by atoms with E-state index >= 15 is 0 Å². The molecule has 0 amide bonds. The van der Waals surface area contributed by atoms with Gasteiger partial charge in [-0.2, -0.15) is 0 Å². The lowest BCUT2D eigenvalue weighted by atomic mass is 9.97. The van der Waals surface area contributed by atoms with Gasteiger partial charge in [-0.25, -0.2) is 0 Å². The van der Waals surface area contributed by atoms with E-state index in [1.54, 1.807) is 7.11 Å². The molecule has 0 fully saturated rings. The van der Waals surface area contributed by atoms with Crippen molar-refractivity contribution in [3.8, 4) is 0 Å². The SMILES string of the molecule is CC/C(OC)=C(\C)C(=O)C(C)CC. The van der Waals surface area contributed by atoms with Gasteiger partial charge in [0.25, 0.3) is 0 Å². The highest BCUT2D eigenvalue weighted by Gasteiger charge is 2.15. The minimum absolute atomic E-state index is 0.108. The van der Waals surface area contributed by atoms with Crippen molar-refractivity contribution in [3.63, 3.8) is 0 Å². The van der Waals surface area contributed by atoms with Gasteiger partial charge in [-0.05, 0) is 13.3 Å². The normalized spacial score (nSPS) is 14.8. The van der Waals surface area contributed by atoms with E-state index in [4.69, 9.17) is 4.74 Å². The standard InChI is InChI=1S/C11H20O2/c1-6-8(3)11(12)9(4)10(7-2)13-5/h8H,6-7H2,1-5H3/b10-9-. The van der Waals surface area contributed by atoms with Crippen LogP contribution >= 0.6 is 0 Å². The summed E-state index contributed by atoms with van der Waals surface area (Å²) < 4.78 is 5.14. The maximum absolute atomic E-state index is 11.7. The molecule has 0 N–H and O–H groups in total. The smallest absolute Gasteiger partial charge is 0.164 e. The number of ether oxygens (including phenoxy) is 1. The summed E-state index contributed by atoms with van der Waals surface area (Å²) in [6, 6.07) is 0. The number of carbonyl (C=O) groups is 1. The zero-order chi connectivity index (χ0) is 10.4. The van der Waals surface area contributed by atoms with Crippen molar-refractivity contribution in [3.05, 3.63) is 11.3 Å². The van der Waals surface area contributed by atoms with Crippen LogP contribution < -0.4 is 0 Å². The number of allylic oxidation sites excluding steroid dienone is 2. The van der Waals surface area contributed by atoms with Crippen molar-refractivity contribution in [2.45, 2.75) is 40.5 Å². The molecular weight excluding hydrogens is 164 g/mol. The molecule has 0 bridgehead atoms. The largest absolute Gasteiger partial charge is 0.501 e. The molecule has 0 rings (SSSR count). The van der Waals surface area contributed by atoms with E-state index in [-0.39, 0.29) is 11.7 Å². The van der Waals surface area contributed by atoms with Crippen LogP contribution in [-0.2, 0) is 9.53 Å². The molecule has 0 radical (unpaired) electrons. The van der Waals surface area contributed by atoms with Gasteiger partial charge >= 0.3 is 0 Å². The summed E-state index contributed by atoms with van der Waals surface area (Å²) in [4.78, 5) is 11.7. The van der Waals surface area contributed by atoms with E-state index in [0.29, 0.717) is 0 Å². The highest BCUT2D eigenvalue weighted by molar-refractivity contribution is 5.96. The predicted octanol–water partition coefficient (Wildman–Crippen LogP) is 2.93. The van der Waals surface area contributed by atoms with Crippen LogP contribution in [0.25, 0.3) is 0 Å². The molecule has 2 heteroatoms. The van der Waals surface area contributed by atoms with Gasteiger partial charge in [-0.3, -0.25) is 4.79 Å². The zero-order valence-corrected chi connectivity index (χ0v) is 9.31. The molecule has 76 valence electrons. The van der Waals surface area contributed by atoms with E-state index in [1.807, 2.05) is 27.7 Å². The second kappa shape index (κ2) is 5.79. The third-order valence-corrected chi connectivity index (χ3v) is 2.42. The van der Waals surface area contributed by atoms with E-state index in [1.165, 1.54) is 0 Å². The van der Waals surface area contributed by atoms with Crippen molar-refractivity contribution in [2.75, 3.05) is 7.11 Å². The van der Waals surface area contributed by atoms with Crippen LogP contribution in [0.5, 0.6) is 0 Å². The van der Waals surface area contributed by atoms with Crippen molar-refractivity contribution in [1.82, 2.24) is 0 Å². The molecule has 0 spiro atoms. The Balaban J connectivity index is 4.64. The van der Waals surface area contributed by atoms with Crippen LogP contribution in [0.2, 0.25) is 0 Å². The minimum Gasteiger partial charge on any atom is -0.501 e. The fourth-order valence-corrected chi connectivity index (χ4v) is 1.26. The number of Topliss-reactive ketones (excluding diaryl/α,β-unsaturated/α-hetero) is 1. The number of hydrogen-bond donors (Lipinski definition) is 0. The molecule has 1 atom stereocenters. The molecule has 0 aromatic carbocycles. The third-order valence-electron chi connectivity index (χ3n) is 2.42. The molecule has 0 aliphatic carbocycles. The monoisotopic (exact) mass is 184 g/mol. The first-order valence-corrected chi connectivity index (χ1v) is 4.86. The van der Waals surface area contributed by atoms with Crippen molar-refractivity contribution in [2.24, 2.45) is 5.92 Å². The second-order valence-electron chi connectivity index (χ2n) is 3.28. The van der Waals surface area contributed by atoms with Gasteiger partial charge in [0.15, 0.2) is 5.78 Å². The van der Waals surface area contributed by atoms with Crippen LogP contribution in [-0.4, -0.2) is 12.9 Å². The van der Waals surface area contributed by atoms with Crippen LogP contribution in [0.3, 0.4) is 0 Å². The van der Waals surface area contributed by atoms with Crippen molar-refractivity contribution < 1.29 is 9.53 Å². The minimum atomic E-state index is 0.108. The first-order chi connectivity index (χ1) is 6.08. The lowest BCUT2D eigenvalue weighted by Gasteiger charge is -2.11. The van der Waals surface area contributed by atoms with Crippen molar-refractivity contribution >= 4 is 5.78 Å². The second-order valence-corrected chi connectivity index (χ2v) is 3.28. The molecule has 0 heterocycles. The molecule has 2 nitrogen and oxygen atoms in total. The molecule has 0 saturated carbocycles. The van der Waals surface area contributed by atoms with Gasteiger partial charge in [0.05, 0.1) is 7.11 Å². The van der Waals surface area contributed by atoms with Gasteiger partial charge in [0.1, 0.15) is 5.76 Å². The van der Waals surface area contributed by atoms with E-state index in [2.05, 4.69) is 0 Å². The zero-order valence-electron chi connectivity index (χ0n) is 9.31. The predicted molar refractivity (Wildman–Crippen MR) is 54.5 cm³/mol. The first-order valence-electron chi connectivity index (χ1n) is 4.86. The van der Waals surface area contributed by atoms with Crippen LogP contribution in [0, 0.1) is 5.92 Å². The molecule has 0 aliphatic rings. The summed E-state index contributed by atoms with van der Waals surface area (Å²) in [5.41, 5.74) is 0.777. The Morgan fingerprint density at radius 3 is 2.23 bits per heavy atom. The summed E-state index contributed by atoms with van der Waals surface area (Å²) in [7, 11) is 1.62. The highest BCUT2D eigenvalue weighted by atomic mass is 16.5. The average Bonchev–Trinajstić information content (AvgIpc) is 2.17. The molecule has 0 aromatic rings. The Kier molecular flexibility index (Phi) is 5.44. The Hall–Kier alpha value is -0.790. The Morgan fingerprint density at radius 1 is 1.38 bits per heavy atom. The number of carbonyl (C=O) groups excluding carboxylic acids is 1. The number of rotatable bonds is 5. The quantitative estimate of drug-likeness (QED) is 0.485. The number of methoxy groups -OCH3 is 1. The molecular formula is C11H20O2. The van der Waals surface area contributed by atoms with Crippen LogP contribution in [0.15, 0.2) is 11.3 Å². The van der Waals surface area contributed by atoms with E-state index < -0.39 is 0 Å². The number of hydrogen-bond acceptors (Lipinski definition) is 2. The van der Waals surface area contributed by atoms with Crippen LogP contribution in [0.4, 0.5) is 0 Å². The van der Waals surface area contributed by atoms with Gasteiger partial charge in [-0.1, -0.05) is 20.8 Å². The highest BCUT2D eigenvalue weighted by Crippen LogP contribution is 2.15.